The number of nitrogens with one attached hydrogen (secondary N) is 1. The second-order valence-corrected chi connectivity index (χ2v) is 6.86. The van der Waals surface area contributed by atoms with E-state index in [1.807, 2.05) is 29.9 Å². The summed E-state index contributed by atoms with van der Waals surface area (Å²) in [6.07, 6.45) is 1.40. The molecule has 1 aromatic heterocycles. The summed E-state index contributed by atoms with van der Waals surface area (Å²) in [4.78, 5) is 0.107. The van der Waals surface area contributed by atoms with Crippen LogP contribution >= 0.6 is 0 Å². The van der Waals surface area contributed by atoms with Gasteiger partial charge < -0.3 is 14.4 Å². The predicted molar refractivity (Wildman–Crippen MR) is 87.8 cm³/mol. The first-order chi connectivity index (χ1) is 11.0. The Hall–Kier alpha value is -1.83. The number of ether oxygens (including phenoxy) is 1. The Morgan fingerprint density at radius 3 is 2.65 bits per heavy atom. The van der Waals surface area contributed by atoms with Gasteiger partial charge in [0, 0.05) is 25.5 Å². The molecule has 7 heteroatoms. The van der Waals surface area contributed by atoms with Crippen LogP contribution in [0.2, 0.25) is 0 Å². The zero-order chi connectivity index (χ0) is 16.9. The number of aliphatic hydroxyl groups is 1. The van der Waals surface area contributed by atoms with Gasteiger partial charge in [-0.2, -0.15) is 0 Å². The second kappa shape index (κ2) is 7.63. The van der Waals surface area contributed by atoms with Crippen LogP contribution in [-0.4, -0.2) is 31.2 Å². The fraction of sp³-hybridized carbons (Fsp3) is 0.375. The van der Waals surface area contributed by atoms with Crippen molar-refractivity contribution in [3.63, 3.8) is 0 Å². The van der Waals surface area contributed by atoms with Gasteiger partial charge >= 0.3 is 0 Å². The van der Waals surface area contributed by atoms with E-state index < -0.39 is 16.1 Å². The Labute approximate surface area is 136 Å². The molecule has 0 radical (unpaired) electrons. The number of benzene rings is 1. The molecule has 23 heavy (non-hydrogen) atoms. The van der Waals surface area contributed by atoms with Gasteiger partial charge in [0.15, 0.2) is 0 Å². The predicted octanol–water partition coefficient (Wildman–Crippen LogP) is 1.83. The largest absolute Gasteiger partial charge is 0.492 e. The van der Waals surface area contributed by atoms with E-state index in [9.17, 15) is 13.5 Å². The SMILES string of the molecule is CCOc1ccccc1S(=O)(=O)NCCC(O)c1cccn1C. The molecule has 0 saturated heterocycles. The third kappa shape index (κ3) is 4.34. The maximum absolute atomic E-state index is 12.4. The van der Waals surface area contributed by atoms with Crippen molar-refractivity contribution in [2.75, 3.05) is 13.2 Å². The number of rotatable bonds is 8. The number of aliphatic hydroxyl groups excluding tert-OH is 1. The number of hydrogen-bond donors (Lipinski definition) is 2. The minimum absolute atomic E-state index is 0.107. The smallest absolute Gasteiger partial charge is 0.244 e. The van der Waals surface area contributed by atoms with Gasteiger partial charge in [0.25, 0.3) is 0 Å². The van der Waals surface area contributed by atoms with E-state index in [1.54, 1.807) is 25.1 Å². The molecule has 0 aliphatic carbocycles. The highest BCUT2D eigenvalue weighted by Gasteiger charge is 2.19. The first-order valence-electron chi connectivity index (χ1n) is 7.46. The number of hydrogen-bond acceptors (Lipinski definition) is 4. The van der Waals surface area contributed by atoms with Crippen LogP contribution in [0.5, 0.6) is 5.75 Å². The van der Waals surface area contributed by atoms with Crippen LogP contribution in [0.15, 0.2) is 47.5 Å². The van der Waals surface area contributed by atoms with Gasteiger partial charge in [0.1, 0.15) is 10.6 Å². The Morgan fingerprint density at radius 1 is 1.26 bits per heavy atom. The summed E-state index contributed by atoms with van der Waals surface area (Å²) in [5, 5.41) is 10.1. The molecule has 0 fully saturated rings. The maximum Gasteiger partial charge on any atom is 0.244 e. The average Bonchev–Trinajstić information content (AvgIpc) is 2.94. The first kappa shape index (κ1) is 17.5. The third-order valence-corrected chi connectivity index (χ3v) is 4.97. The number of aryl methyl sites for hydroxylation is 1. The van der Waals surface area contributed by atoms with Crippen molar-refractivity contribution < 1.29 is 18.3 Å². The van der Waals surface area contributed by atoms with Gasteiger partial charge in [-0.3, -0.25) is 0 Å². The Morgan fingerprint density at radius 2 is 2.00 bits per heavy atom. The standard InChI is InChI=1S/C16H22N2O4S/c1-3-22-15-8-4-5-9-16(15)23(20,21)17-11-10-14(19)13-7-6-12-18(13)2/h4-9,12,14,17,19H,3,10-11H2,1-2H3. The number of para-hydroxylation sites is 1. The molecule has 2 rings (SSSR count). The van der Waals surface area contributed by atoms with Gasteiger partial charge in [-0.1, -0.05) is 12.1 Å². The Kier molecular flexibility index (Phi) is 5.81. The fourth-order valence-electron chi connectivity index (χ4n) is 2.32. The molecular weight excluding hydrogens is 316 g/mol. The van der Waals surface area contributed by atoms with Crippen LogP contribution in [0.3, 0.4) is 0 Å². The molecule has 2 N–H and O–H groups in total. The summed E-state index contributed by atoms with van der Waals surface area (Å²) in [7, 11) is -1.85. The lowest BCUT2D eigenvalue weighted by Crippen LogP contribution is -2.26. The van der Waals surface area contributed by atoms with Crippen molar-refractivity contribution in [2.24, 2.45) is 7.05 Å². The van der Waals surface area contributed by atoms with Crippen LogP contribution in [0.25, 0.3) is 0 Å². The highest BCUT2D eigenvalue weighted by atomic mass is 32.2. The average molecular weight is 338 g/mol. The molecule has 0 aliphatic heterocycles. The molecule has 1 heterocycles. The lowest BCUT2D eigenvalue weighted by Gasteiger charge is -2.14. The van der Waals surface area contributed by atoms with Crippen LogP contribution in [0.4, 0.5) is 0 Å². The lowest BCUT2D eigenvalue weighted by molar-refractivity contribution is 0.161. The topological polar surface area (TPSA) is 80.6 Å². The highest BCUT2D eigenvalue weighted by molar-refractivity contribution is 7.89. The van der Waals surface area contributed by atoms with E-state index in [2.05, 4.69) is 4.72 Å². The van der Waals surface area contributed by atoms with Crippen molar-refractivity contribution in [2.45, 2.75) is 24.3 Å². The van der Waals surface area contributed by atoms with Crippen molar-refractivity contribution in [1.82, 2.24) is 9.29 Å². The number of aromatic nitrogens is 1. The zero-order valence-electron chi connectivity index (χ0n) is 13.3. The van der Waals surface area contributed by atoms with Crippen LogP contribution in [0.1, 0.15) is 25.1 Å². The lowest BCUT2D eigenvalue weighted by atomic mass is 10.2. The summed E-state index contributed by atoms with van der Waals surface area (Å²) < 4.78 is 34.4. The first-order valence-corrected chi connectivity index (χ1v) is 8.95. The molecule has 0 amide bonds. The summed E-state index contributed by atoms with van der Waals surface area (Å²) in [5.41, 5.74) is 0.749. The maximum atomic E-state index is 12.4. The van der Waals surface area contributed by atoms with Gasteiger partial charge in [0.2, 0.25) is 10.0 Å². The molecular formula is C16H22N2O4S. The van der Waals surface area contributed by atoms with E-state index in [-0.39, 0.29) is 17.9 Å². The Bertz CT molecular complexity index is 740. The summed E-state index contributed by atoms with van der Waals surface area (Å²) in [6.45, 7) is 2.32. The molecule has 1 unspecified atom stereocenters. The molecule has 1 atom stereocenters. The molecule has 0 spiro atoms. The molecule has 0 aliphatic rings. The van der Waals surface area contributed by atoms with Crippen LogP contribution < -0.4 is 9.46 Å². The zero-order valence-corrected chi connectivity index (χ0v) is 14.1. The summed E-state index contributed by atoms with van der Waals surface area (Å²) in [5.74, 6) is 0.325. The van der Waals surface area contributed by atoms with Gasteiger partial charge in [-0.15, -0.1) is 0 Å². The van der Waals surface area contributed by atoms with Gasteiger partial charge in [0.05, 0.1) is 12.7 Å². The number of nitrogens with zero attached hydrogens (tertiary/aromatic N) is 1. The minimum Gasteiger partial charge on any atom is -0.492 e. The monoisotopic (exact) mass is 338 g/mol. The van der Waals surface area contributed by atoms with Crippen LogP contribution in [-0.2, 0) is 17.1 Å². The molecule has 126 valence electrons. The van der Waals surface area contributed by atoms with E-state index in [0.29, 0.717) is 12.4 Å². The minimum atomic E-state index is -3.68. The quantitative estimate of drug-likeness (QED) is 0.769. The van der Waals surface area contributed by atoms with Crippen molar-refractivity contribution in [3.8, 4) is 5.75 Å². The molecule has 2 aromatic rings. The third-order valence-electron chi connectivity index (χ3n) is 3.47. The van der Waals surface area contributed by atoms with Crippen molar-refractivity contribution in [1.29, 1.82) is 0 Å². The normalized spacial score (nSPS) is 13.0. The molecule has 0 saturated carbocycles. The van der Waals surface area contributed by atoms with Crippen LogP contribution in [0, 0.1) is 0 Å². The van der Waals surface area contributed by atoms with Crippen molar-refractivity contribution >= 4 is 10.0 Å². The molecule has 6 nitrogen and oxygen atoms in total. The van der Waals surface area contributed by atoms with E-state index in [1.165, 1.54) is 6.07 Å². The summed E-state index contributed by atoms with van der Waals surface area (Å²) >= 11 is 0. The fourth-order valence-corrected chi connectivity index (χ4v) is 3.51. The highest BCUT2D eigenvalue weighted by Crippen LogP contribution is 2.23. The second-order valence-electron chi connectivity index (χ2n) is 5.13. The Balaban J connectivity index is 2.01. The van der Waals surface area contributed by atoms with E-state index in [0.717, 1.165) is 5.69 Å². The van der Waals surface area contributed by atoms with Crippen molar-refractivity contribution in [3.05, 3.63) is 48.3 Å². The van der Waals surface area contributed by atoms with Gasteiger partial charge in [-0.25, -0.2) is 13.1 Å². The number of sulfonamides is 1. The van der Waals surface area contributed by atoms with E-state index in [4.69, 9.17) is 4.74 Å². The molecule has 0 bridgehead atoms. The summed E-state index contributed by atoms with van der Waals surface area (Å²) in [6, 6.07) is 10.1. The van der Waals surface area contributed by atoms with E-state index >= 15 is 0 Å². The molecule has 1 aromatic carbocycles. The van der Waals surface area contributed by atoms with Gasteiger partial charge in [-0.05, 0) is 37.6 Å².